The van der Waals surface area contributed by atoms with Crippen LogP contribution in [0.25, 0.3) is 0 Å². The molecule has 0 aromatic heterocycles. The zero-order valence-electron chi connectivity index (χ0n) is 27.5. The first kappa shape index (κ1) is 39.4. The van der Waals surface area contributed by atoms with Crippen molar-refractivity contribution in [2.45, 2.75) is 188 Å². The van der Waals surface area contributed by atoms with Crippen molar-refractivity contribution in [3.05, 3.63) is 30.4 Å². The molecule has 0 aliphatic rings. The molecule has 4 heteroatoms. The molecule has 0 bridgehead atoms. The van der Waals surface area contributed by atoms with E-state index in [4.69, 9.17) is 9.47 Å². The van der Waals surface area contributed by atoms with Crippen LogP contribution >= 0.6 is 0 Å². The summed E-state index contributed by atoms with van der Waals surface area (Å²) in [6, 6.07) is 0. The molecule has 0 saturated heterocycles. The molecule has 0 saturated carbocycles. The monoisotopic (exact) mass is 576 g/mol. The number of ether oxygens (including phenoxy) is 2. The number of rotatable bonds is 31. The predicted octanol–water partition coefficient (Wildman–Crippen LogP) is 11.9. The summed E-state index contributed by atoms with van der Waals surface area (Å²) in [7, 11) is 0. The van der Waals surface area contributed by atoms with Crippen molar-refractivity contribution in [1.29, 1.82) is 0 Å². The first-order valence-electron chi connectivity index (χ1n) is 17.6. The summed E-state index contributed by atoms with van der Waals surface area (Å²) in [5.74, 6) is -0.419. The summed E-state index contributed by atoms with van der Waals surface area (Å²) < 4.78 is 10.6. The smallest absolute Gasteiger partial charge is 0.306 e. The van der Waals surface area contributed by atoms with E-state index >= 15 is 0 Å². The summed E-state index contributed by atoms with van der Waals surface area (Å²) in [5, 5.41) is 0. The quantitative estimate of drug-likeness (QED) is 0.0468. The molecule has 0 fully saturated rings. The van der Waals surface area contributed by atoms with Gasteiger partial charge >= 0.3 is 11.9 Å². The van der Waals surface area contributed by atoms with Crippen LogP contribution in [0.4, 0.5) is 0 Å². The van der Waals surface area contributed by atoms with Gasteiger partial charge in [-0.05, 0) is 51.9 Å². The van der Waals surface area contributed by atoms with E-state index in [1.165, 1.54) is 109 Å². The Labute approximate surface area is 255 Å². The second kappa shape index (κ2) is 32.9. The van der Waals surface area contributed by atoms with Crippen LogP contribution in [-0.2, 0) is 19.1 Å². The molecule has 41 heavy (non-hydrogen) atoms. The van der Waals surface area contributed by atoms with E-state index in [1.807, 2.05) is 0 Å². The third-order valence-corrected chi connectivity index (χ3v) is 7.54. The van der Waals surface area contributed by atoms with E-state index in [0.717, 1.165) is 44.9 Å². The lowest BCUT2D eigenvalue weighted by atomic mass is 10.0. The van der Waals surface area contributed by atoms with Crippen LogP contribution in [0.2, 0.25) is 0 Å². The molecular formula is C37H67O4. The number of allylic oxidation sites excluding steroid dienone is 4. The molecule has 0 aliphatic heterocycles. The van der Waals surface area contributed by atoms with Gasteiger partial charge in [0, 0.05) is 12.8 Å². The van der Waals surface area contributed by atoms with Crippen molar-refractivity contribution in [2.75, 3.05) is 6.61 Å². The fourth-order valence-corrected chi connectivity index (χ4v) is 4.90. The average molecular weight is 576 g/mol. The molecule has 4 nitrogen and oxygen atoms in total. The van der Waals surface area contributed by atoms with Crippen molar-refractivity contribution >= 4 is 11.9 Å². The molecule has 0 heterocycles. The maximum absolute atomic E-state index is 12.0. The van der Waals surface area contributed by atoms with E-state index in [1.54, 1.807) is 6.92 Å². The molecular weight excluding hydrogens is 508 g/mol. The first-order chi connectivity index (χ1) is 20.1. The molecule has 0 amide bonds. The Morgan fingerprint density at radius 1 is 0.488 bits per heavy atom. The molecule has 0 atom stereocenters. The van der Waals surface area contributed by atoms with Crippen LogP contribution in [0.5, 0.6) is 0 Å². The van der Waals surface area contributed by atoms with Crippen molar-refractivity contribution < 1.29 is 19.1 Å². The SMILES string of the molecule is CCCCC/C=C\C/C=C\CCCCCCCC(=O)O[C](C)COC(=O)CCCCCCCCCCCCCCC. The molecule has 0 rings (SSSR count). The average Bonchev–Trinajstić information content (AvgIpc) is 2.96. The van der Waals surface area contributed by atoms with E-state index in [-0.39, 0.29) is 18.5 Å². The minimum Gasteiger partial charge on any atom is -0.461 e. The molecule has 239 valence electrons. The first-order valence-corrected chi connectivity index (χ1v) is 17.6. The molecule has 0 aromatic carbocycles. The maximum Gasteiger partial charge on any atom is 0.306 e. The predicted molar refractivity (Wildman–Crippen MR) is 176 cm³/mol. The highest BCUT2D eigenvalue weighted by atomic mass is 16.6. The van der Waals surface area contributed by atoms with E-state index in [9.17, 15) is 9.59 Å². The molecule has 0 spiro atoms. The Morgan fingerprint density at radius 3 is 1.39 bits per heavy atom. The van der Waals surface area contributed by atoms with Crippen LogP contribution < -0.4 is 0 Å². The van der Waals surface area contributed by atoms with Gasteiger partial charge in [-0.2, -0.15) is 0 Å². The van der Waals surface area contributed by atoms with Crippen LogP contribution in [0, 0.1) is 6.10 Å². The highest BCUT2D eigenvalue weighted by Crippen LogP contribution is 2.14. The lowest BCUT2D eigenvalue weighted by molar-refractivity contribution is -0.151. The topological polar surface area (TPSA) is 52.6 Å². The highest BCUT2D eigenvalue weighted by Gasteiger charge is 2.13. The standard InChI is InChI=1S/C37H67O4/c1-4-6-8-10-12-14-16-18-19-21-23-25-27-29-31-33-37(39)41-35(3)34-40-36(38)32-30-28-26-24-22-20-17-15-13-11-9-7-5-2/h12,14,18-19H,4-11,13,15-17,20-34H2,1-3H3/b14-12-,19-18-. The molecule has 0 aromatic rings. The van der Waals surface area contributed by atoms with Gasteiger partial charge in [-0.25, -0.2) is 0 Å². The highest BCUT2D eigenvalue weighted by molar-refractivity contribution is 5.71. The zero-order chi connectivity index (χ0) is 30.1. The van der Waals surface area contributed by atoms with Gasteiger partial charge in [0.2, 0.25) is 0 Å². The van der Waals surface area contributed by atoms with Crippen LogP contribution in [0.15, 0.2) is 24.3 Å². The Kier molecular flexibility index (Phi) is 31.7. The van der Waals surface area contributed by atoms with Crippen LogP contribution in [-0.4, -0.2) is 18.5 Å². The lowest BCUT2D eigenvalue weighted by Gasteiger charge is -2.12. The number of esters is 2. The minimum absolute atomic E-state index is 0.0746. The number of hydrogen-bond donors (Lipinski definition) is 0. The summed E-state index contributed by atoms with van der Waals surface area (Å²) in [5.41, 5.74) is 0. The Bertz CT molecular complexity index is 624. The van der Waals surface area contributed by atoms with Gasteiger partial charge in [-0.3, -0.25) is 9.59 Å². The van der Waals surface area contributed by atoms with Gasteiger partial charge in [-0.15, -0.1) is 0 Å². The van der Waals surface area contributed by atoms with Gasteiger partial charge in [0.05, 0.1) is 0 Å². The molecule has 1 radical (unpaired) electrons. The Balaban J connectivity index is 3.47. The minimum atomic E-state index is -0.222. The van der Waals surface area contributed by atoms with Crippen molar-refractivity contribution in [3.63, 3.8) is 0 Å². The van der Waals surface area contributed by atoms with E-state index in [0.29, 0.717) is 18.9 Å². The van der Waals surface area contributed by atoms with Crippen molar-refractivity contribution in [3.8, 4) is 0 Å². The summed E-state index contributed by atoms with van der Waals surface area (Å²) in [6.07, 6.45) is 40.0. The largest absolute Gasteiger partial charge is 0.461 e. The second-order valence-electron chi connectivity index (χ2n) is 11.8. The van der Waals surface area contributed by atoms with E-state index in [2.05, 4.69) is 38.2 Å². The maximum atomic E-state index is 12.0. The van der Waals surface area contributed by atoms with E-state index < -0.39 is 0 Å². The van der Waals surface area contributed by atoms with Gasteiger partial charge in [0.15, 0.2) is 6.10 Å². The second-order valence-corrected chi connectivity index (χ2v) is 11.8. The van der Waals surface area contributed by atoms with Gasteiger partial charge in [-0.1, -0.05) is 147 Å². The van der Waals surface area contributed by atoms with Crippen LogP contribution in [0.3, 0.4) is 0 Å². The number of hydrogen-bond acceptors (Lipinski definition) is 4. The molecule has 0 unspecified atom stereocenters. The number of unbranched alkanes of at least 4 members (excludes halogenated alkanes) is 20. The molecule has 0 aliphatic carbocycles. The van der Waals surface area contributed by atoms with Crippen LogP contribution in [0.1, 0.15) is 188 Å². The Hall–Kier alpha value is -1.58. The third kappa shape index (κ3) is 32.8. The number of carbonyl (C=O) groups is 2. The summed E-state index contributed by atoms with van der Waals surface area (Å²) in [4.78, 5) is 24.0. The molecule has 0 N–H and O–H groups in total. The summed E-state index contributed by atoms with van der Waals surface area (Å²) >= 11 is 0. The lowest BCUT2D eigenvalue weighted by Crippen LogP contribution is -2.16. The van der Waals surface area contributed by atoms with Gasteiger partial charge < -0.3 is 9.47 Å². The van der Waals surface area contributed by atoms with Crippen molar-refractivity contribution in [1.82, 2.24) is 0 Å². The number of carbonyl (C=O) groups excluding carboxylic acids is 2. The van der Waals surface area contributed by atoms with Crippen molar-refractivity contribution in [2.24, 2.45) is 0 Å². The Morgan fingerprint density at radius 2 is 0.878 bits per heavy atom. The zero-order valence-corrected chi connectivity index (χ0v) is 27.5. The van der Waals surface area contributed by atoms with Gasteiger partial charge in [0.1, 0.15) is 6.61 Å². The van der Waals surface area contributed by atoms with Gasteiger partial charge in [0.25, 0.3) is 0 Å². The third-order valence-electron chi connectivity index (χ3n) is 7.54. The summed E-state index contributed by atoms with van der Waals surface area (Å²) in [6.45, 7) is 6.30. The fraction of sp³-hybridized carbons (Fsp3) is 0.811. The normalized spacial score (nSPS) is 11.7. The fourth-order valence-electron chi connectivity index (χ4n) is 4.90.